The molecule has 0 radical (unpaired) electrons. The van der Waals surface area contributed by atoms with E-state index in [9.17, 15) is 4.79 Å². The fraction of sp³-hybridized carbons (Fsp3) is 0.765. The predicted molar refractivity (Wildman–Crippen MR) is 89.4 cm³/mol. The van der Waals surface area contributed by atoms with Crippen LogP contribution in [0.3, 0.4) is 0 Å². The molecule has 1 saturated heterocycles. The van der Waals surface area contributed by atoms with Crippen molar-refractivity contribution in [3.8, 4) is 0 Å². The van der Waals surface area contributed by atoms with E-state index in [0.29, 0.717) is 24.6 Å². The molecule has 3 atom stereocenters. The van der Waals surface area contributed by atoms with Crippen molar-refractivity contribution in [2.24, 2.45) is 11.3 Å². The van der Waals surface area contributed by atoms with E-state index in [4.69, 9.17) is 4.74 Å². The van der Waals surface area contributed by atoms with Crippen LogP contribution >= 0.6 is 11.3 Å². The van der Waals surface area contributed by atoms with Gasteiger partial charge in [-0.1, -0.05) is 13.3 Å². The molecule has 1 aliphatic heterocycles. The van der Waals surface area contributed by atoms with Gasteiger partial charge >= 0.3 is 6.03 Å². The number of ether oxygens (including phenoxy) is 1. The number of nitrogens with zero attached hydrogens (tertiary/aromatic N) is 2. The Morgan fingerprint density at radius 2 is 2.39 bits per heavy atom. The van der Waals surface area contributed by atoms with Crippen LogP contribution in [-0.4, -0.2) is 41.7 Å². The zero-order valence-corrected chi connectivity index (χ0v) is 14.7. The van der Waals surface area contributed by atoms with Gasteiger partial charge < -0.3 is 15.0 Å². The Balaban J connectivity index is 1.37. The monoisotopic (exact) mass is 335 g/mol. The van der Waals surface area contributed by atoms with Crippen LogP contribution in [0.2, 0.25) is 0 Å². The van der Waals surface area contributed by atoms with Crippen molar-refractivity contribution in [3.63, 3.8) is 0 Å². The molecule has 3 aliphatic rings. The number of nitrogens with one attached hydrogen (secondary N) is 1. The summed E-state index contributed by atoms with van der Waals surface area (Å²) in [5, 5.41) is 4.31. The molecule has 1 aromatic rings. The number of urea groups is 1. The van der Waals surface area contributed by atoms with Gasteiger partial charge in [0.05, 0.1) is 12.6 Å². The van der Waals surface area contributed by atoms with Crippen LogP contribution in [0.4, 0.5) is 4.79 Å². The number of hydrogen-bond donors (Lipinski definition) is 1. The number of amides is 2. The van der Waals surface area contributed by atoms with E-state index in [1.807, 2.05) is 13.2 Å². The van der Waals surface area contributed by atoms with E-state index in [0.717, 1.165) is 24.5 Å². The van der Waals surface area contributed by atoms with Crippen molar-refractivity contribution < 1.29 is 9.53 Å². The predicted octanol–water partition coefficient (Wildman–Crippen LogP) is 2.80. The SMILES string of the molecule is CCc1cnc(CN(C)C(=O)NC2C3CCOC3C23CCC3)s1. The number of rotatable bonds is 4. The Labute approximate surface area is 141 Å². The van der Waals surface area contributed by atoms with Crippen molar-refractivity contribution in [2.75, 3.05) is 13.7 Å². The second-order valence-corrected chi connectivity index (χ2v) is 8.39. The van der Waals surface area contributed by atoms with Crippen molar-refractivity contribution in [1.82, 2.24) is 15.2 Å². The Hall–Kier alpha value is -1.14. The van der Waals surface area contributed by atoms with Crippen molar-refractivity contribution in [3.05, 3.63) is 16.1 Å². The van der Waals surface area contributed by atoms with Gasteiger partial charge in [-0.2, -0.15) is 0 Å². The Kier molecular flexibility index (Phi) is 3.84. The first kappa shape index (κ1) is 15.4. The molecule has 1 N–H and O–H groups in total. The molecule has 1 aromatic heterocycles. The highest BCUT2D eigenvalue weighted by atomic mass is 32.1. The Morgan fingerprint density at radius 1 is 1.57 bits per heavy atom. The van der Waals surface area contributed by atoms with Crippen LogP contribution in [0.15, 0.2) is 6.20 Å². The fourth-order valence-electron chi connectivity index (χ4n) is 4.56. The largest absolute Gasteiger partial charge is 0.377 e. The molecule has 2 heterocycles. The number of fused-ring (bicyclic) bond motifs is 2. The average Bonchev–Trinajstić information content (AvgIpc) is 3.10. The molecule has 126 valence electrons. The van der Waals surface area contributed by atoms with Gasteiger partial charge in [0.1, 0.15) is 5.01 Å². The van der Waals surface area contributed by atoms with E-state index < -0.39 is 0 Å². The molecule has 0 bridgehead atoms. The average molecular weight is 335 g/mol. The summed E-state index contributed by atoms with van der Waals surface area (Å²) in [4.78, 5) is 20.0. The third-order valence-electron chi connectivity index (χ3n) is 5.98. The summed E-state index contributed by atoms with van der Waals surface area (Å²) in [5.41, 5.74) is 0.244. The summed E-state index contributed by atoms with van der Waals surface area (Å²) in [6.07, 6.45) is 8.09. The minimum absolute atomic E-state index is 0.0277. The second-order valence-electron chi connectivity index (χ2n) is 7.19. The van der Waals surface area contributed by atoms with Gasteiger partial charge in [0.25, 0.3) is 0 Å². The highest BCUT2D eigenvalue weighted by molar-refractivity contribution is 7.11. The van der Waals surface area contributed by atoms with Crippen LogP contribution in [0, 0.1) is 11.3 Å². The molecule has 1 spiro atoms. The Morgan fingerprint density at radius 3 is 3.04 bits per heavy atom. The van der Waals surface area contributed by atoms with E-state index in [2.05, 4.69) is 17.2 Å². The highest BCUT2D eigenvalue weighted by Gasteiger charge is 2.67. The molecule has 3 unspecified atom stereocenters. The number of thiazole rings is 1. The zero-order chi connectivity index (χ0) is 16.0. The van der Waals surface area contributed by atoms with Gasteiger partial charge in [0.2, 0.25) is 0 Å². The topological polar surface area (TPSA) is 54.5 Å². The smallest absolute Gasteiger partial charge is 0.317 e. The summed E-state index contributed by atoms with van der Waals surface area (Å²) >= 11 is 1.70. The van der Waals surface area contributed by atoms with Crippen LogP contribution in [0.5, 0.6) is 0 Å². The summed E-state index contributed by atoms with van der Waals surface area (Å²) < 4.78 is 5.92. The number of aryl methyl sites for hydroxylation is 1. The second kappa shape index (κ2) is 5.74. The number of aromatic nitrogens is 1. The van der Waals surface area contributed by atoms with Crippen molar-refractivity contribution in [2.45, 2.75) is 57.7 Å². The quantitative estimate of drug-likeness (QED) is 0.920. The summed E-state index contributed by atoms with van der Waals surface area (Å²) in [7, 11) is 1.86. The van der Waals surface area contributed by atoms with Gasteiger partial charge in [-0.05, 0) is 25.7 Å². The van der Waals surface area contributed by atoms with E-state index in [1.54, 1.807) is 16.2 Å². The lowest BCUT2D eigenvalue weighted by Gasteiger charge is -2.63. The molecule has 2 amide bonds. The lowest BCUT2D eigenvalue weighted by atomic mass is 9.46. The maximum Gasteiger partial charge on any atom is 0.317 e. The molecule has 3 fully saturated rings. The summed E-state index contributed by atoms with van der Waals surface area (Å²) in [6, 6.07) is 0.334. The maximum atomic E-state index is 12.6. The summed E-state index contributed by atoms with van der Waals surface area (Å²) in [6.45, 7) is 3.57. The standard InChI is InChI=1S/C17H25N3O2S/c1-3-11-9-18-13(23-11)10-20(2)16(21)19-14-12-5-8-22-15(12)17(14)6-4-7-17/h9,12,14-15H,3-8,10H2,1-2H3,(H,19,21). The number of hydrogen-bond acceptors (Lipinski definition) is 4. The fourth-order valence-corrected chi connectivity index (χ4v) is 5.47. The Bertz CT molecular complexity index is 598. The van der Waals surface area contributed by atoms with Crippen LogP contribution in [-0.2, 0) is 17.7 Å². The molecule has 0 aromatic carbocycles. The number of carbonyl (C=O) groups is 1. The van der Waals surface area contributed by atoms with Gasteiger partial charge in [-0.25, -0.2) is 9.78 Å². The molecule has 2 aliphatic carbocycles. The van der Waals surface area contributed by atoms with Crippen molar-refractivity contribution >= 4 is 17.4 Å². The van der Waals surface area contributed by atoms with Gasteiger partial charge in [0, 0.05) is 42.1 Å². The minimum Gasteiger partial charge on any atom is -0.377 e. The molecule has 4 rings (SSSR count). The molecule has 23 heavy (non-hydrogen) atoms. The summed E-state index contributed by atoms with van der Waals surface area (Å²) in [5.74, 6) is 0.527. The first-order chi connectivity index (χ1) is 11.1. The third kappa shape index (κ3) is 2.38. The van der Waals surface area contributed by atoms with Crippen molar-refractivity contribution in [1.29, 1.82) is 0 Å². The van der Waals surface area contributed by atoms with Gasteiger partial charge in [0.15, 0.2) is 0 Å². The highest BCUT2D eigenvalue weighted by Crippen LogP contribution is 2.62. The lowest BCUT2D eigenvalue weighted by Crippen LogP contribution is -2.72. The minimum atomic E-state index is 0.0277. The zero-order valence-electron chi connectivity index (χ0n) is 13.9. The van der Waals surface area contributed by atoms with Crippen LogP contribution < -0.4 is 5.32 Å². The molecule has 5 nitrogen and oxygen atoms in total. The molecular weight excluding hydrogens is 310 g/mol. The number of carbonyl (C=O) groups excluding carboxylic acids is 1. The molecular formula is C17H25N3O2S. The molecule has 2 saturated carbocycles. The van der Waals surface area contributed by atoms with E-state index in [1.165, 1.54) is 24.1 Å². The lowest BCUT2D eigenvalue weighted by molar-refractivity contribution is -0.172. The third-order valence-corrected chi connectivity index (χ3v) is 7.11. The van der Waals surface area contributed by atoms with E-state index in [-0.39, 0.29) is 11.4 Å². The van der Waals surface area contributed by atoms with Crippen LogP contribution in [0.1, 0.15) is 42.5 Å². The first-order valence-corrected chi connectivity index (χ1v) is 9.52. The molecule has 6 heteroatoms. The first-order valence-electron chi connectivity index (χ1n) is 8.71. The van der Waals surface area contributed by atoms with Gasteiger partial charge in [-0.15, -0.1) is 11.3 Å². The van der Waals surface area contributed by atoms with E-state index >= 15 is 0 Å². The van der Waals surface area contributed by atoms with Crippen LogP contribution in [0.25, 0.3) is 0 Å². The normalized spacial score (nSPS) is 30.4. The van der Waals surface area contributed by atoms with Gasteiger partial charge in [-0.3, -0.25) is 0 Å². The maximum absolute atomic E-state index is 12.6.